The number of phosphoric acid groups is 1. The van der Waals surface area contributed by atoms with Crippen LogP contribution in [0.15, 0.2) is 72.8 Å². The summed E-state index contributed by atoms with van der Waals surface area (Å²) < 4.78 is 21.1. The lowest BCUT2D eigenvalue weighted by Crippen LogP contribution is -2.58. The van der Waals surface area contributed by atoms with Crippen molar-refractivity contribution in [2.75, 3.05) is 5.73 Å². The van der Waals surface area contributed by atoms with Crippen molar-refractivity contribution in [1.29, 1.82) is 0 Å². The second kappa shape index (κ2) is 18.3. The molecule has 0 aliphatic carbocycles. The van der Waals surface area contributed by atoms with Crippen molar-refractivity contribution in [1.82, 2.24) is 16.0 Å². The third-order valence-electron chi connectivity index (χ3n) is 7.52. The Labute approximate surface area is 297 Å². The lowest BCUT2D eigenvalue weighted by Gasteiger charge is -2.28. The molecular weight excluding hydrogens is 703 g/mol. The number of rotatable bonds is 18. The molecule has 0 saturated carbocycles. The predicted molar refractivity (Wildman–Crippen MR) is 184 cm³/mol. The van der Waals surface area contributed by atoms with Crippen LogP contribution in [0.2, 0.25) is 0 Å². The maximum absolute atomic E-state index is 13.9. The Morgan fingerprint density at radius 3 is 2.00 bits per heavy atom. The zero-order valence-electron chi connectivity index (χ0n) is 27.8. The highest BCUT2D eigenvalue weighted by Gasteiger charge is 2.34. The Morgan fingerprint density at radius 2 is 1.44 bits per heavy atom. The van der Waals surface area contributed by atoms with Gasteiger partial charge in [0.25, 0.3) is 0 Å². The van der Waals surface area contributed by atoms with E-state index in [1.165, 1.54) is 36.4 Å². The molecule has 0 fully saturated rings. The van der Waals surface area contributed by atoms with Crippen LogP contribution in [0.25, 0.3) is 0 Å². The lowest BCUT2D eigenvalue weighted by atomic mass is 9.91. The van der Waals surface area contributed by atoms with Gasteiger partial charge in [-0.2, -0.15) is 0 Å². The third kappa shape index (κ3) is 13.4. The molecule has 3 aromatic carbocycles. The minimum atomic E-state index is -4.86. The average molecular weight is 743 g/mol. The maximum atomic E-state index is 13.9. The Hall–Kier alpha value is -5.97. The normalized spacial score (nSPS) is 13.4. The number of nitrogen functional groups attached to an aromatic ring is 1. The maximum Gasteiger partial charge on any atom is 0.524 e. The topological polar surface area (TPSA) is 313 Å². The van der Waals surface area contributed by atoms with Crippen molar-refractivity contribution in [3.63, 3.8) is 0 Å². The fourth-order valence-corrected chi connectivity index (χ4v) is 5.34. The van der Waals surface area contributed by atoms with Gasteiger partial charge in [-0.05, 0) is 46.5 Å². The number of alkyl carbamates (subject to hydrolysis) is 1. The van der Waals surface area contributed by atoms with Gasteiger partial charge in [0.2, 0.25) is 23.6 Å². The summed E-state index contributed by atoms with van der Waals surface area (Å²) in [4.78, 5) is 93.5. The number of anilines is 1. The summed E-state index contributed by atoms with van der Waals surface area (Å²) in [5.41, 5.74) is 18.7. The first kappa shape index (κ1) is 40.5. The van der Waals surface area contributed by atoms with Crippen molar-refractivity contribution in [3.05, 3.63) is 95.1 Å². The number of carbonyl (C=O) groups excluding carboxylic acids is 5. The molecule has 0 bridgehead atoms. The van der Waals surface area contributed by atoms with E-state index < -0.39 is 74.0 Å². The highest BCUT2D eigenvalue weighted by molar-refractivity contribution is 7.46. The number of aliphatic carboxylic acids is 1. The Kier molecular flexibility index (Phi) is 14.3. The summed E-state index contributed by atoms with van der Waals surface area (Å²) >= 11 is 0. The summed E-state index contributed by atoms with van der Waals surface area (Å²) in [6.45, 7) is 1.35. The quantitative estimate of drug-likeness (QED) is 0.0628. The number of benzene rings is 3. The number of primary amides is 2. The number of carboxylic acids is 1. The smallest absolute Gasteiger partial charge is 0.481 e. The molecule has 278 valence electrons. The van der Waals surface area contributed by atoms with Crippen LogP contribution < -0.4 is 37.7 Å². The molecule has 3 aromatic rings. The third-order valence-corrected chi connectivity index (χ3v) is 7.97. The molecular formula is C33H39N6O12P. The Balaban J connectivity index is 1.93. The van der Waals surface area contributed by atoms with Gasteiger partial charge >= 0.3 is 19.9 Å². The lowest BCUT2D eigenvalue weighted by molar-refractivity contribution is -0.136. The fourth-order valence-electron chi connectivity index (χ4n) is 4.95. The molecule has 18 nitrogen and oxygen atoms in total. The van der Waals surface area contributed by atoms with E-state index in [1.807, 2.05) is 0 Å². The number of nitrogens with one attached hydrogen (secondary N) is 3. The van der Waals surface area contributed by atoms with Crippen LogP contribution in [0.1, 0.15) is 41.5 Å². The number of ether oxygens (including phenoxy) is 1. The molecule has 0 aliphatic heterocycles. The SMILES string of the molecule is CC(c1ccc(CC(=O)O)cc1)[C@H](NC(=O)[C@H](Cc1ccc(OP(=O)(O)O)cc1)NC(=O)OCc1cccc(N)c1)C(=O)N[C@@H](CC(N)=O)C(N)=O. The molecule has 5 amide bonds. The molecule has 1 unspecified atom stereocenters. The van der Waals surface area contributed by atoms with Crippen LogP contribution in [-0.4, -0.2) is 68.7 Å². The minimum Gasteiger partial charge on any atom is -0.481 e. The number of nitrogens with two attached hydrogens (primary N) is 3. The van der Waals surface area contributed by atoms with Crippen molar-refractivity contribution in [2.24, 2.45) is 11.5 Å². The zero-order valence-corrected chi connectivity index (χ0v) is 28.7. The van der Waals surface area contributed by atoms with Gasteiger partial charge in [-0.1, -0.05) is 55.5 Å². The standard InChI is InChI=1S/C33H39N6O12P/c1-18(22-9-5-20(6-10-22)15-28(41)42)29(32(45)37-25(30(36)43)16-27(35)40)39-31(44)26(14-19-7-11-24(12-8-19)51-52(47,48)49)38-33(46)50-17-21-3-2-4-23(34)13-21/h2-13,18,25-26,29H,14-17,34H2,1H3,(H2,35,40)(H2,36,43)(H,37,45)(H,38,46)(H,39,44)(H,41,42)(H2,47,48,49)/t18?,25-,26-,29-/m0/s1. The van der Waals surface area contributed by atoms with E-state index in [4.69, 9.17) is 36.8 Å². The molecule has 4 atom stereocenters. The number of hydrogen-bond acceptors (Lipinski definition) is 10. The Bertz CT molecular complexity index is 1820. The van der Waals surface area contributed by atoms with Crippen LogP contribution >= 0.6 is 7.82 Å². The van der Waals surface area contributed by atoms with Gasteiger partial charge in [0.1, 0.15) is 30.5 Å². The van der Waals surface area contributed by atoms with E-state index in [-0.39, 0.29) is 25.2 Å². The van der Waals surface area contributed by atoms with E-state index in [1.54, 1.807) is 43.3 Å². The van der Waals surface area contributed by atoms with E-state index in [0.29, 0.717) is 27.9 Å². The van der Waals surface area contributed by atoms with Gasteiger partial charge in [-0.15, -0.1) is 0 Å². The summed E-state index contributed by atoms with van der Waals surface area (Å²) in [6, 6.07) is 13.5. The minimum absolute atomic E-state index is 0.174. The van der Waals surface area contributed by atoms with Crippen LogP contribution in [0.4, 0.5) is 10.5 Å². The summed E-state index contributed by atoms with van der Waals surface area (Å²) in [5, 5.41) is 16.5. The largest absolute Gasteiger partial charge is 0.524 e. The number of carbonyl (C=O) groups is 6. The summed E-state index contributed by atoms with van der Waals surface area (Å²) in [7, 11) is -4.86. The van der Waals surface area contributed by atoms with Crippen molar-refractivity contribution in [3.8, 4) is 5.75 Å². The number of amides is 5. The first-order chi connectivity index (χ1) is 24.4. The van der Waals surface area contributed by atoms with Crippen molar-refractivity contribution >= 4 is 49.2 Å². The molecule has 0 aliphatic rings. The van der Waals surface area contributed by atoms with Gasteiger partial charge in [0.05, 0.1) is 12.8 Å². The Morgan fingerprint density at radius 1 is 0.808 bits per heavy atom. The van der Waals surface area contributed by atoms with Crippen molar-refractivity contribution in [2.45, 2.75) is 56.8 Å². The van der Waals surface area contributed by atoms with Crippen LogP contribution in [-0.2, 0) is 52.7 Å². The molecule has 0 spiro atoms. The molecule has 52 heavy (non-hydrogen) atoms. The first-order valence-corrected chi connectivity index (χ1v) is 17.0. The average Bonchev–Trinajstić information content (AvgIpc) is 3.05. The van der Waals surface area contributed by atoms with E-state index >= 15 is 0 Å². The number of hydrogen-bond donors (Lipinski definition) is 9. The predicted octanol–water partition coefficient (Wildman–Crippen LogP) is 0.339. The van der Waals surface area contributed by atoms with Crippen LogP contribution in [0.5, 0.6) is 5.75 Å². The molecule has 0 aromatic heterocycles. The van der Waals surface area contributed by atoms with Gasteiger partial charge < -0.3 is 47.5 Å². The van der Waals surface area contributed by atoms with E-state index in [0.717, 1.165) is 0 Å². The van der Waals surface area contributed by atoms with Gasteiger partial charge in [-0.25, -0.2) is 9.36 Å². The van der Waals surface area contributed by atoms with Gasteiger partial charge in [0.15, 0.2) is 0 Å². The van der Waals surface area contributed by atoms with Gasteiger partial charge in [-0.3, -0.25) is 33.8 Å². The second-order valence-corrected chi connectivity index (χ2v) is 12.8. The number of phosphoric ester groups is 1. The molecule has 0 saturated heterocycles. The molecule has 19 heteroatoms. The highest BCUT2D eigenvalue weighted by atomic mass is 31.2. The van der Waals surface area contributed by atoms with Crippen LogP contribution in [0, 0.1) is 0 Å². The molecule has 12 N–H and O–H groups in total. The van der Waals surface area contributed by atoms with Gasteiger partial charge in [0, 0.05) is 18.0 Å². The molecule has 0 radical (unpaired) electrons. The second-order valence-electron chi connectivity index (χ2n) is 11.7. The molecule has 0 heterocycles. The van der Waals surface area contributed by atoms with E-state index in [9.17, 15) is 33.3 Å². The zero-order chi connectivity index (χ0) is 38.6. The summed E-state index contributed by atoms with van der Waals surface area (Å²) in [5.74, 6) is -5.95. The monoisotopic (exact) mass is 742 g/mol. The summed E-state index contributed by atoms with van der Waals surface area (Å²) in [6.07, 6.45) is -2.16. The van der Waals surface area contributed by atoms with Crippen LogP contribution in [0.3, 0.4) is 0 Å². The fraction of sp³-hybridized carbons (Fsp3) is 0.273. The van der Waals surface area contributed by atoms with Crippen molar-refractivity contribution < 1.29 is 57.5 Å². The number of carboxylic acid groups (broad SMARTS) is 1. The molecule has 3 rings (SSSR count). The van der Waals surface area contributed by atoms with E-state index in [2.05, 4.69) is 20.5 Å². The highest BCUT2D eigenvalue weighted by Crippen LogP contribution is 2.37. The first-order valence-electron chi connectivity index (χ1n) is 15.5.